The van der Waals surface area contributed by atoms with E-state index in [-0.39, 0.29) is 31.7 Å². The number of alkyl halides is 3. The summed E-state index contributed by atoms with van der Waals surface area (Å²) in [4.78, 5) is 32.4. The summed E-state index contributed by atoms with van der Waals surface area (Å²) in [7, 11) is 0. The summed E-state index contributed by atoms with van der Waals surface area (Å²) in [6, 6.07) is 7.34. The zero-order valence-electron chi connectivity index (χ0n) is 28.9. The second-order valence-electron chi connectivity index (χ2n) is 12.4. The molecule has 0 fully saturated rings. The third-order valence-electron chi connectivity index (χ3n) is 7.41. The van der Waals surface area contributed by atoms with Gasteiger partial charge in [0.2, 0.25) is 0 Å². The van der Waals surface area contributed by atoms with E-state index in [1.165, 1.54) is 31.3 Å². The predicted octanol–water partition coefficient (Wildman–Crippen LogP) is 8.04. The lowest BCUT2D eigenvalue weighted by molar-refractivity contribution is -0.143. The Labute approximate surface area is 293 Å². The number of hydrogen-bond acceptors (Lipinski definition) is 9. The average Bonchev–Trinajstić information content (AvgIpc) is 3.67. The molecule has 3 aromatic rings. The molecule has 2 aromatic heterocycles. The summed E-state index contributed by atoms with van der Waals surface area (Å²) >= 11 is 1.38. The number of carbonyl (C=O) groups excluding carboxylic acids is 2. The molecule has 0 radical (unpaired) electrons. The van der Waals surface area contributed by atoms with Gasteiger partial charge in [-0.2, -0.15) is 18.3 Å². The highest BCUT2D eigenvalue weighted by molar-refractivity contribution is 7.13. The highest BCUT2D eigenvalue weighted by Crippen LogP contribution is 2.35. The summed E-state index contributed by atoms with van der Waals surface area (Å²) in [5.41, 5.74) is 1.00. The zero-order chi connectivity index (χ0) is 36.8. The van der Waals surface area contributed by atoms with Crippen molar-refractivity contribution in [1.29, 1.82) is 0 Å². The fourth-order valence-electron chi connectivity index (χ4n) is 5.28. The van der Waals surface area contributed by atoms with Crippen LogP contribution in [-0.2, 0) is 28.9 Å². The SMILES string of the molecule is C=C/C=C(\N=C(C)n1ncc(C(=O)OCC)c1C(F)(F)F)c1sc(C)cc1COc1ccc(C2=CCN(C(=O)OC(C)(C)C)CC2)c(CO)c1. The number of carbonyl (C=O) groups is 2. The first kappa shape index (κ1) is 38.1. The highest BCUT2D eigenvalue weighted by atomic mass is 32.1. The van der Waals surface area contributed by atoms with Crippen LogP contribution in [0.15, 0.2) is 60.3 Å². The fraction of sp³-hybridized carbons (Fsp3) is 0.389. The molecular formula is C36H41F3N4O6S. The van der Waals surface area contributed by atoms with Gasteiger partial charge in [0, 0.05) is 23.5 Å². The van der Waals surface area contributed by atoms with E-state index in [2.05, 4.69) is 16.7 Å². The number of halogens is 3. The molecule has 0 unspecified atom stereocenters. The van der Waals surface area contributed by atoms with Crippen LogP contribution in [-0.4, -0.2) is 63.0 Å². The summed E-state index contributed by atoms with van der Waals surface area (Å²) in [5, 5.41) is 14.0. The largest absolute Gasteiger partial charge is 0.489 e. The lowest BCUT2D eigenvalue weighted by Crippen LogP contribution is -2.39. The fourth-order valence-corrected chi connectivity index (χ4v) is 6.27. The van der Waals surface area contributed by atoms with Gasteiger partial charge in [0.05, 0.1) is 30.0 Å². The first-order valence-electron chi connectivity index (χ1n) is 15.9. The third-order valence-corrected chi connectivity index (χ3v) is 8.53. The number of aliphatic hydroxyl groups is 1. The second-order valence-corrected chi connectivity index (χ2v) is 13.6. The van der Waals surface area contributed by atoms with Gasteiger partial charge >= 0.3 is 18.2 Å². The number of aliphatic imine (C=N–C) groups is 1. The topological polar surface area (TPSA) is 115 Å². The summed E-state index contributed by atoms with van der Waals surface area (Å²) in [6.07, 6.45) is 1.13. The van der Waals surface area contributed by atoms with Gasteiger partial charge < -0.3 is 24.2 Å². The number of thiophene rings is 1. The quantitative estimate of drug-likeness (QED) is 0.0979. The van der Waals surface area contributed by atoms with E-state index in [1.807, 2.05) is 45.9 Å². The van der Waals surface area contributed by atoms with Crippen molar-refractivity contribution in [3.8, 4) is 5.75 Å². The Morgan fingerprint density at radius 2 is 1.92 bits per heavy atom. The predicted molar refractivity (Wildman–Crippen MR) is 186 cm³/mol. The summed E-state index contributed by atoms with van der Waals surface area (Å²) in [5.74, 6) is -0.758. The Bertz CT molecular complexity index is 1830. The van der Waals surface area contributed by atoms with Gasteiger partial charge in [-0.3, -0.25) is 0 Å². The molecule has 4 rings (SSSR count). The van der Waals surface area contributed by atoms with E-state index in [4.69, 9.17) is 14.2 Å². The van der Waals surface area contributed by atoms with Gasteiger partial charge in [0.25, 0.3) is 0 Å². The molecule has 1 aliphatic heterocycles. The maximum absolute atomic E-state index is 14.1. The normalized spacial score (nSPS) is 14.4. The smallest absolute Gasteiger partial charge is 0.434 e. The molecule has 1 aromatic carbocycles. The van der Waals surface area contributed by atoms with Crippen molar-refractivity contribution < 1.29 is 42.1 Å². The van der Waals surface area contributed by atoms with Crippen LogP contribution in [0.4, 0.5) is 18.0 Å². The van der Waals surface area contributed by atoms with Crippen LogP contribution >= 0.6 is 11.3 Å². The number of rotatable bonds is 10. The molecule has 0 saturated carbocycles. The Morgan fingerprint density at radius 1 is 1.18 bits per heavy atom. The number of nitrogens with zero attached hydrogens (tertiary/aromatic N) is 4. The van der Waals surface area contributed by atoms with Gasteiger partial charge in [-0.05, 0) is 88.9 Å². The molecule has 1 N–H and O–H groups in total. The van der Waals surface area contributed by atoms with Crippen molar-refractivity contribution in [2.45, 2.75) is 73.0 Å². The van der Waals surface area contributed by atoms with Crippen molar-refractivity contribution in [3.63, 3.8) is 0 Å². The molecule has 14 heteroatoms. The number of allylic oxidation sites excluding steroid dienone is 2. The molecule has 268 valence electrons. The minimum Gasteiger partial charge on any atom is -0.489 e. The van der Waals surface area contributed by atoms with Crippen molar-refractivity contribution in [1.82, 2.24) is 14.7 Å². The minimum absolute atomic E-state index is 0.0943. The van der Waals surface area contributed by atoms with E-state index < -0.39 is 29.0 Å². The van der Waals surface area contributed by atoms with Crippen molar-refractivity contribution in [3.05, 3.63) is 93.0 Å². The summed E-state index contributed by atoms with van der Waals surface area (Å²) < 4.78 is 59.3. The van der Waals surface area contributed by atoms with Crippen LogP contribution in [0, 0.1) is 6.92 Å². The number of ether oxygens (including phenoxy) is 3. The van der Waals surface area contributed by atoms with E-state index >= 15 is 0 Å². The van der Waals surface area contributed by atoms with Crippen LogP contribution in [0.5, 0.6) is 5.75 Å². The molecule has 0 atom stereocenters. The third kappa shape index (κ3) is 9.30. The van der Waals surface area contributed by atoms with Gasteiger partial charge in [-0.15, -0.1) is 11.3 Å². The van der Waals surface area contributed by atoms with Crippen LogP contribution in [0.2, 0.25) is 0 Å². The standard InChI is InChI=1S/C36H41F3N4O6S/c1-8-10-30(41-23(4)43-32(36(37,38)39)29(19-40-43)33(45)47-9-2)31-26(17-22(3)50-31)21-48-27-11-12-28(25(18-27)20-44)24-13-15-42(16-14-24)34(46)49-35(5,6)7/h8,10-13,17-19,44H,1,9,14-16,20-21H2,2-7H3/b30-10-,41-23?. The van der Waals surface area contributed by atoms with Crippen molar-refractivity contribution in [2.75, 3.05) is 19.7 Å². The van der Waals surface area contributed by atoms with E-state index in [0.29, 0.717) is 46.1 Å². The van der Waals surface area contributed by atoms with Gasteiger partial charge in [-0.25, -0.2) is 19.3 Å². The number of benzene rings is 1. The number of aliphatic hydroxyl groups excluding tert-OH is 1. The van der Waals surface area contributed by atoms with E-state index in [0.717, 1.165) is 27.8 Å². The minimum atomic E-state index is -4.91. The Morgan fingerprint density at radius 3 is 2.52 bits per heavy atom. The number of esters is 1. The van der Waals surface area contributed by atoms with Crippen LogP contribution in [0.25, 0.3) is 11.3 Å². The van der Waals surface area contributed by atoms with Crippen LogP contribution in [0.3, 0.4) is 0 Å². The average molecular weight is 715 g/mol. The Kier molecular flexibility index (Phi) is 12.1. The number of aryl methyl sites for hydroxylation is 1. The first-order valence-corrected chi connectivity index (χ1v) is 16.7. The van der Waals surface area contributed by atoms with Crippen molar-refractivity contribution >= 4 is 40.5 Å². The molecule has 50 heavy (non-hydrogen) atoms. The monoisotopic (exact) mass is 714 g/mol. The van der Waals surface area contributed by atoms with Gasteiger partial charge in [0.15, 0.2) is 5.69 Å². The molecule has 1 aliphatic rings. The van der Waals surface area contributed by atoms with Crippen LogP contribution in [0.1, 0.15) is 83.5 Å². The van der Waals surface area contributed by atoms with E-state index in [9.17, 15) is 27.9 Å². The molecule has 0 spiro atoms. The maximum Gasteiger partial charge on any atom is 0.434 e. The van der Waals surface area contributed by atoms with Gasteiger partial charge in [0.1, 0.15) is 29.4 Å². The second kappa shape index (κ2) is 15.9. The highest BCUT2D eigenvalue weighted by Gasteiger charge is 2.41. The lowest BCUT2D eigenvalue weighted by atomic mass is 9.95. The van der Waals surface area contributed by atoms with Crippen molar-refractivity contribution in [2.24, 2.45) is 4.99 Å². The molecule has 0 bridgehead atoms. The number of aromatic nitrogens is 2. The van der Waals surface area contributed by atoms with Crippen LogP contribution < -0.4 is 4.74 Å². The summed E-state index contributed by atoms with van der Waals surface area (Å²) in [6.45, 7) is 14.6. The van der Waals surface area contributed by atoms with Gasteiger partial charge in [-0.1, -0.05) is 24.8 Å². The lowest BCUT2D eigenvalue weighted by Gasteiger charge is -2.30. The Balaban J connectivity index is 1.56. The number of hydrogen-bond donors (Lipinski definition) is 1. The van der Waals surface area contributed by atoms with E-state index in [1.54, 1.807) is 23.1 Å². The zero-order valence-corrected chi connectivity index (χ0v) is 29.7. The molecule has 3 heterocycles. The molecule has 1 amide bonds. The Hall–Kier alpha value is -4.69. The molecular weight excluding hydrogens is 673 g/mol. The molecule has 10 nitrogen and oxygen atoms in total. The first-order chi connectivity index (χ1) is 23.6. The molecule has 0 aliphatic carbocycles. The maximum atomic E-state index is 14.1. The molecule has 0 saturated heterocycles. The number of amides is 1.